The van der Waals surface area contributed by atoms with Crippen LogP contribution in [0.4, 0.5) is 10.1 Å². The van der Waals surface area contributed by atoms with Crippen molar-refractivity contribution in [1.29, 1.82) is 0 Å². The highest BCUT2D eigenvalue weighted by Crippen LogP contribution is 2.24. The molecule has 0 atom stereocenters. The third-order valence-electron chi connectivity index (χ3n) is 2.91. The van der Waals surface area contributed by atoms with Gasteiger partial charge in [-0.2, -0.15) is 0 Å². The number of esters is 1. The Kier molecular flexibility index (Phi) is 5.14. The van der Waals surface area contributed by atoms with Gasteiger partial charge in [0.2, 0.25) is 0 Å². The molecule has 2 aromatic carbocycles. The van der Waals surface area contributed by atoms with Gasteiger partial charge in [-0.15, -0.1) is 0 Å². The molecule has 0 heterocycles. The second kappa shape index (κ2) is 7.26. The van der Waals surface area contributed by atoms with E-state index >= 15 is 0 Å². The highest BCUT2D eigenvalue weighted by atomic mass is 19.1. The Morgan fingerprint density at radius 2 is 1.96 bits per heavy atom. The molecule has 23 heavy (non-hydrogen) atoms. The summed E-state index contributed by atoms with van der Waals surface area (Å²) in [5.41, 5.74) is -0.120. The molecule has 2 rings (SSSR count). The van der Waals surface area contributed by atoms with E-state index in [-0.39, 0.29) is 17.0 Å². The number of nitrogens with one attached hydrogen (secondary N) is 1. The number of ether oxygens (including phenoxy) is 2. The van der Waals surface area contributed by atoms with Crippen LogP contribution in [-0.2, 0) is 9.53 Å². The average Bonchev–Trinajstić information content (AvgIpc) is 2.54. The molecule has 0 fully saturated rings. The third-order valence-corrected chi connectivity index (χ3v) is 2.91. The molecule has 0 aliphatic rings. The van der Waals surface area contributed by atoms with Crippen LogP contribution in [0.1, 0.15) is 10.4 Å². The number of rotatable bonds is 5. The van der Waals surface area contributed by atoms with Crippen molar-refractivity contribution in [3.8, 4) is 11.5 Å². The summed E-state index contributed by atoms with van der Waals surface area (Å²) in [7, 11) is 1.42. The first kappa shape index (κ1) is 16.3. The molecule has 1 amide bonds. The number of hydrogen-bond acceptors (Lipinski definition) is 5. The zero-order valence-electron chi connectivity index (χ0n) is 12.2. The second-order valence-corrected chi connectivity index (χ2v) is 4.49. The Morgan fingerprint density at radius 1 is 1.22 bits per heavy atom. The summed E-state index contributed by atoms with van der Waals surface area (Å²) < 4.78 is 23.0. The quantitative estimate of drug-likeness (QED) is 0.826. The Hall–Kier alpha value is -3.09. The standard InChI is InChI=1S/C16H14FNO5/c1-22-10-6-7-11(14(19)8-10)16(21)23-9-15(20)18-13-5-3-2-4-12(13)17/h2-8,19H,9H2,1H3,(H,18,20). The summed E-state index contributed by atoms with van der Waals surface area (Å²) in [6.07, 6.45) is 0. The lowest BCUT2D eigenvalue weighted by atomic mass is 10.2. The van der Waals surface area contributed by atoms with Crippen molar-refractivity contribution in [2.24, 2.45) is 0 Å². The smallest absolute Gasteiger partial charge is 0.342 e. The minimum atomic E-state index is -0.881. The van der Waals surface area contributed by atoms with E-state index in [2.05, 4.69) is 5.32 Å². The fraction of sp³-hybridized carbons (Fsp3) is 0.125. The van der Waals surface area contributed by atoms with Gasteiger partial charge in [0, 0.05) is 6.07 Å². The minimum absolute atomic E-state index is 0.0131. The molecule has 120 valence electrons. The van der Waals surface area contributed by atoms with Crippen LogP contribution in [0.25, 0.3) is 0 Å². The lowest BCUT2D eigenvalue weighted by Crippen LogP contribution is -2.21. The molecule has 0 aliphatic carbocycles. The van der Waals surface area contributed by atoms with Crippen molar-refractivity contribution >= 4 is 17.6 Å². The summed E-state index contributed by atoms with van der Waals surface area (Å²) in [6.45, 7) is -0.612. The lowest BCUT2D eigenvalue weighted by Gasteiger charge is -2.08. The van der Waals surface area contributed by atoms with Crippen molar-refractivity contribution in [1.82, 2.24) is 0 Å². The van der Waals surface area contributed by atoms with Gasteiger partial charge in [-0.25, -0.2) is 9.18 Å². The first-order valence-electron chi connectivity index (χ1n) is 6.59. The minimum Gasteiger partial charge on any atom is -0.507 e. The topological polar surface area (TPSA) is 84.9 Å². The number of carbonyl (C=O) groups excluding carboxylic acids is 2. The summed E-state index contributed by atoms with van der Waals surface area (Å²) in [5, 5.41) is 12.0. The number of carbonyl (C=O) groups is 2. The van der Waals surface area contributed by atoms with Crippen LogP contribution >= 0.6 is 0 Å². The number of hydrogen-bond donors (Lipinski definition) is 2. The number of para-hydroxylation sites is 1. The van der Waals surface area contributed by atoms with E-state index in [0.717, 1.165) is 0 Å². The molecule has 0 spiro atoms. The first-order chi connectivity index (χ1) is 11.0. The summed E-state index contributed by atoms with van der Waals surface area (Å²) in [6, 6.07) is 9.63. The number of aromatic hydroxyl groups is 1. The van der Waals surface area contributed by atoms with Crippen molar-refractivity contribution in [2.75, 3.05) is 19.0 Å². The molecule has 2 N–H and O–H groups in total. The van der Waals surface area contributed by atoms with Crippen molar-refractivity contribution in [3.05, 3.63) is 53.8 Å². The highest BCUT2D eigenvalue weighted by molar-refractivity contribution is 5.96. The van der Waals surface area contributed by atoms with Crippen LogP contribution < -0.4 is 10.1 Å². The molecule has 0 saturated heterocycles. The summed E-state index contributed by atoms with van der Waals surface area (Å²) >= 11 is 0. The van der Waals surface area contributed by atoms with E-state index in [1.165, 1.54) is 43.5 Å². The molecule has 2 aromatic rings. The number of phenolic OH excluding ortho intramolecular Hbond substituents is 1. The molecule has 0 aliphatic heterocycles. The highest BCUT2D eigenvalue weighted by Gasteiger charge is 2.15. The number of anilines is 1. The van der Waals surface area contributed by atoms with E-state index in [0.29, 0.717) is 5.75 Å². The Morgan fingerprint density at radius 3 is 2.61 bits per heavy atom. The molecule has 0 unspecified atom stereocenters. The Balaban J connectivity index is 1.94. The van der Waals surface area contributed by atoms with E-state index in [4.69, 9.17) is 9.47 Å². The van der Waals surface area contributed by atoms with E-state index < -0.39 is 24.3 Å². The second-order valence-electron chi connectivity index (χ2n) is 4.49. The van der Waals surface area contributed by atoms with Crippen LogP contribution in [0.5, 0.6) is 11.5 Å². The monoisotopic (exact) mass is 319 g/mol. The largest absolute Gasteiger partial charge is 0.507 e. The third kappa shape index (κ3) is 4.19. The molecule has 0 aromatic heterocycles. The summed E-state index contributed by atoms with van der Waals surface area (Å²) in [4.78, 5) is 23.5. The number of amides is 1. The molecule has 0 bridgehead atoms. The van der Waals surface area contributed by atoms with Gasteiger partial charge in [-0.3, -0.25) is 4.79 Å². The molecule has 0 saturated carbocycles. The molecular weight excluding hydrogens is 305 g/mol. The number of halogens is 1. The Labute approximate surface area is 131 Å². The van der Waals surface area contributed by atoms with Crippen molar-refractivity contribution < 1.29 is 28.6 Å². The van der Waals surface area contributed by atoms with Crippen LogP contribution in [0.3, 0.4) is 0 Å². The van der Waals surface area contributed by atoms with Crippen LogP contribution in [0.2, 0.25) is 0 Å². The number of phenols is 1. The van der Waals surface area contributed by atoms with Gasteiger partial charge in [-0.1, -0.05) is 12.1 Å². The predicted octanol–water partition coefficient (Wildman–Crippen LogP) is 2.34. The van der Waals surface area contributed by atoms with Crippen molar-refractivity contribution in [3.63, 3.8) is 0 Å². The average molecular weight is 319 g/mol. The maximum Gasteiger partial charge on any atom is 0.342 e. The first-order valence-corrected chi connectivity index (χ1v) is 6.59. The SMILES string of the molecule is COc1ccc(C(=O)OCC(=O)Nc2ccccc2F)c(O)c1. The molecule has 0 radical (unpaired) electrons. The normalized spacial score (nSPS) is 10.0. The summed E-state index contributed by atoms with van der Waals surface area (Å²) in [5.74, 6) is -2.13. The van der Waals surface area contributed by atoms with Crippen molar-refractivity contribution in [2.45, 2.75) is 0 Å². The molecule has 6 nitrogen and oxygen atoms in total. The predicted molar refractivity (Wildman–Crippen MR) is 80.0 cm³/mol. The van der Waals surface area contributed by atoms with Crippen LogP contribution in [0.15, 0.2) is 42.5 Å². The molecule has 7 heteroatoms. The lowest BCUT2D eigenvalue weighted by molar-refractivity contribution is -0.119. The Bertz CT molecular complexity index is 732. The van der Waals surface area contributed by atoms with E-state index in [1.54, 1.807) is 6.07 Å². The van der Waals surface area contributed by atoms with Gasteiger partial charge in [-0.05, 0) is 24.3 Å². The van der Waals surface area contributed by atoms with E-state index in [1.807, 2.05) is 0 Å². The fourth-order valence-corrected chi connectivity index (χ4v) is 1.77. The number of methoxy groups -OCH3 is 1. The van der Waals surface area contributed by atoms with Gasteiger partial charge in [0.25, 0.3) is 5.91 Å². The van der Waals surface area contributed by atoms with Gasteiger partial charge in [0.1, 0.15) is 22.9 Å². The van der Waals surface area contributed by atoms with Gasteiger partial charge < -0.3 is 19.9 Å². The van der Waals surface area contributed by atoms with Crippen LogP contribution in [-0.4, -0.2) is 30.7 Å². The number of benzene rings is 2. The zero-order chi connectivity index (χ0) is 16.8. The maximum absolute atomic E-state index is 13.4. The zero-order valence-corrected chi connectivity index (χ0v) is 12.2. The van der Waals surface area contributed by atoms with Gasteiger partial charge in [0.05, 0.1) is 12.8 Å². The van der Waals surface area contributed by atoms with Gasteiger partial charge >= 0.3 is 5.97 Å². The van der Waals surface area contributed by atoms with E-state index in [9.17, 15) is 19.1 Å². The molecular formula is C16H14FNO5. The maximum atomic E-state index is 13.4. The fourth-order valence-electron chi connectivity index (χ4n) is 1.77. The van der Waals surface area contributed by atoms with Crippen LogP contribution in [0, 0.1) is 5.82 Å². The van der Waals surface area contributed by atoms with Gasteiger partial charge in [0.15, 0.2) is 6.61 Å².